The summed E-state index contributed by atoms with van der Waals surface area (Å²) in [5.74, 6) is 1.37. The van der Waals surface area contributed by atoms with Gasteiger partial charge in [0, 0.05) is 24.7 Å². The van der Waals surface area contributed by atoms with Crippen LogP contribution in [-0.2, 0) is 6.54 Å². The second kappa shape index (κ2) is 8.13. The van der Waals surface area contributed by atoms with Crippen LogP contribution in [0.1, 0.15) is 41.3 Å². The van der Waals surface area contributed by atoms with Crippen molar-refractivity contribution in [2.75, 3.05) is 18.1 Å². The van der Waals surface area contributed by atoms with E-state index in [2.05, 4.69) is 95.5 Å². The number of rotatable bonds is 5. The highest BCUT2D eigenvalue weighted by Gasteiger charge is 2.43. The van der Waals surface area contributed by atoms with Gasteiger partial charge in [0.15, 0.2) is 0 Å². The first-order valence-corrected chi connectivity index (χ1v) is 10.9. The zero-order chi connectivity index (χ0) is 20.5. The van der Waals surface area contributed by atoms with Gasteiger partial charge in [-0.25, -0.2) is 10.9 Å². The van der Waals surface area contributed by atoms with Gasteiger partial charge in [0.05, 0.1) is 18.7 Å². The van der Waals surface area contributed by atoms with Crippen LogP contribution in [0.25, 0.3) is 0 Å². The number of hydrogen-bond acceptors (Lipinski definition) is 4. The summed E-state index contributed by atoms with van der Waals surface area (Å²) in [4.78, 5) is 2.53. The molecular formula is C26H29N3O. The highest BCUT2D eigenvalue weighted by atomic mass is 16.5. The lowest BCUT2D eigenvalue weighted by Crippen LogP contribution is -2.39. The molecule has 0 bridgehead atoms. The van der Waals surface area contributed by atoms with E-state index in [0.29, 0.717) is 12.5 Å². The van der Waals surface area contributed by atoms with Crippen molar-refractivity contribution < 1.29 is 4.74 Å². The van der Waals surface area contributed by atoms with Crippen molar-refractivity contribution in [1.82, 2.24) is 10.9 Å². The molecule has 5 rings (SSSR count). The van der Waals surface area contributed by atoms with Crippen molar-refractivity contribution in [2.45, 2.75) is 32.5 Å². The molecule has 0 radical (unpaired) electrons. The van der Waals surface area contributed by atoms with Crippen LogP contribution in [0, 0.1) is 12.8 Å². The Bertz CT molecular complexity index is 1000. The fourth-order valence-corrected chi connectivity index (χ4v) is 4.84. The Morgan fingerprint density at radius 1 is 0.933 bits per heavy atom. The first-order valence-electron chi connectivity index (χ1n) is 10.9. The first kappa shape index (κ1) is 19.2. The Hall–Kier alpha value is -2.82. The van der Waals surface area contributed by atoms with Crippen LogP contribution in [0.5, 0.6) is 5.75 Å². The Morgan fingerprint density at radius 3 is 2.47 bits per heavy atom. The molecule has 30 heavy (non-hydrogen) atoms. The summed E-state index contributed by atoms with van der Waals surface area (Å²) in [7, 11) is 0. The minimum absolute atomic E-state index is 0.264. The quantitative estimate of drug-likeness (QED) is 0.638. The van der Waals surface area contributed by atoms with E-state index in [9.17, 15) is 0 Å². The minimum atomic E-state index is 0.264. The summed E-state index contributed by atoms with van der Waals surface area (Å²) < 4.78 is 5.83. The normalized spacial score (nSPS) is 22.5. The van der Waals surface area contributed by atoms with Gasteiger partial charge in [-0.3, -0.25) is 0 Å². The molecule has 0 aromatic heterocycles. The SMILES string of the molecule is CCOc1ccc2c(c1)C1NNC(c3ccccc3)C1CN2Cc1ccc(C)cc1. The van der Waals surface area contributed by atoms with Crippen molar-refractivity contribution in [3.63, 3.8) is 0 Å². The van der Waals surface area contributed by atoms with Crippen LogP contribution in [0.15, 0.2) is 72.8 Å². The molecule has 0 aliphatic carbocycles. The third-order valence-corrected chi connectivity index (χ3v) is 6.32. The third-order valence-electron chi connectivity index (χ3n) is 6.32. The van der Waals surface area contributed by atoms with Crippen molar-refractivity contribution in [1.29, 1.82) is 0 Å². The summed E-state index contributed by atoms with van der Waals surface area (Å²) >= 11 is 0. The van der Waals surface area contributed by atoms with Crippen LogP contribution >= 0.6 is 0 Å². The van der Waals surface area contributed by atoms with E-state index in [0.717, 1.165) is 18.8 Å². The van der Waals surface area contributed by atoms with Gasteiger partial charge in [-0.2, -0.15) is 0 Å². The molecule has 3 unspecified atom stereocenters. The van der Waals surface area contributed by atoms with E-state index in [1.54, 1.807) is 0 Å². The van der Waals surface area contributed by atoms with E-state index in [1.807, 2.05) is 6.92 Å². The minimum Gasteiger partial charge on any atom is -0.494 e. The summed E-state index contributed by atoms with van der Waals surface area (Å²) in [5, 5.41) is 0. The maximum atomic E-state index is 5.83. The van der Waals surface area contributed by atoms with Gasteiger partial charge in [0.25, 0.3) is 0 Å². The second-order valence-corrected chi connectivity index (χ2v) is 8.34. The number of anilines is 1. The lowest BCUT2D eigenvalue weighted by Gasteiger charge is -2.39. The van der Waals surface area contributed by atoms with Crippen molar-refractivity contribution in [3.05, 3.63) is 95.1 Å². The van der Waals surface area contributed by atoms with Crippen molar-refractivity contribution in [2.24, 2.45) is 5.92 Å². The highest BCUT2D eigenvalue weighted by Crippen LogP contribution is 2.46. The lowest BCUT2D eigenvalue weighted by molar-refractivity contribution is 0.337. The van der Waals surface area contributed by atoms with Crippen molar-refractivity contribution >= 4 is 5.69 Å². The third kappa shape index (κ3) is 3.57. The largest absolute Gasteiger partial charge is 0.494 e. The predicted molar refractivity (Wildman–Crippen MR) is 122 cm³/mol. The van der Waals surface area contributed by atoms with Gasteiger partial charge < -0.3 is 9.64 Å². The molecule has 3 aromatic carbocycles. The maximum Gasteiger partial charge on any atom is 0.119 e. The van der Waals surface area contributed by atoms with Gasteiger partial charge in [-0.1, -0.05) is 60.2 Å². The number of aryl methyl sites for hydroxylation is 1. The molecule has 2 aliphatic heterocycles. The van der Waals surface area contributed by atoms with Crippen LogP contribution in [0.4, 0.5) is 5.69 Å². The Balaban J connectivity index is 1.52. The van der Waals surface area contributed by atoms with Gasteiger partial charge in [0.2, 0.25) is 0 Å². The number of fused-ring (bicyclic) bond motifs is 3. The number of nitrogens with zero attached hydrogens (tertiary/aromatic N) is 1. The molecular weight excluding hydrogens is 370 g/mol. The topological polar surface area (TPSA) is 36.5 Å². The van der Waals surface area contributed by atoms with Gasteiger partial charge in [-0.15, -0.1) is 0 Å². The van der Waals surface area contributed by atoms with Crippen LogP contribution in [-0.4, -0.2) is 13.2 Å². The molecule has 154 valence electrons. The Morgan fingerprint density at radius 2 is 1.70 bits per heavy atom. The summed E-state index contributed by atoms with van der Waals surface area (Å²) in [5.41, 5.74) is 13.8. The number of ether oxygens (including phenoxy) is 1. The molecule has 1 saturated heterocycles. The number of hydrazine groups is 1. The van der Waals surface area contributed by atoms with Gasteiger partial charge in [-0.05, 0) is 48.7 Å². The molecule has 2 N–H and O–H groups in total. The molecule has 2 aliphatic rings. The van der Waals surface area contributed by atoms with E-state index >= 15 is 0 Å². The second-order valence-electron chi connectivity index (χ2n) is 8.34. The average molecular weight is 400 g/mol. The first-order chi connectivity index (χ1) is 14.7. The highest BCUT2D eigenvalue weighted by molar-refractivity contribution is 5.61. The smallest absolute Gasteiger partial charge is 0.119 e. The molecule has 4 heteroatoms. The van der Waals surface area contributed by atoms with Crippen LogP contribution < -0.4 is 20.5 Å². The number of nitrogens with one attached hydrogen (secondary N) is 2. The maximum absolute atomic E-state index is 5.83. The molecule has 2 heterocycles. The summed E-state index contributed by atoms with van der Waals surface area (Å²) in [6, 6.07) is 26.7. The van der Waals surface area contributed by atoms with Crippen LogP contribution in [0.3, 0.4) is 0 Å². The average Bonchev–Trinajstić information content (AvgIpc) is 3.20. The van der Waals surface area contributed by atoms with E-state index in [1.165, 1.54) is 27.9 Å². The number of hydrogen-bond donors (Lipinski definition) is 2. The van der Waals surface area contributed by atoms with Crippen molar-refractivity contribution in [3.8, 4) is 5.75 Å². The molecule has 1 fully saturated rings. The number of benzene rings is 3. The predicted octanol–water partition coefficient (Wildman–Crippen LogP) is 4.92. The summed E-state index contributed by atoms with van der Waals surface area (Å²) in [6.07, 6.45) is 0. The fourth-order valence-electron chi connectivity index (χ4n) is 4.84. The molecule has 0 saturated carbocycles. The van der Waals surface area contributed by atoms with Crippen LogP contribution in [0.2, 0.25) is 0 Å². The van der Waals surface area contributed by atoms with E-state index in [-0.39, 0.29) is 12.1 Å². The molecule has 0 amide bonds. The zero-order valence-electron chi connectivity index (χ0n) is 17.6. The van der Waals surface area contributed by atoms with Gasteiger partial charge >= 0.3 is 0 Å². The molecule has 4 nitrogen and oxygen atoms in total. The van der Waals surface area contributed by atoms with E-state index < -0.39 is 0 Å². The Kier molecular flexibility index (Phi) is 5.19. The van der Waals surface area contributed by atoms with E-state index in [4.69, 9.17) is 4.74 Å². The standard InChI is InChI=1S/C26H29N3O/c1-3-30-21-13-14-24-22(15-21)26-23(25(27-28-26)20-7-5-4-6-8-20)17-29(24)16-19-11-9-18(2)10-12-19/h4-15,23,25-28H,3,16-17H2,1-2H3. The summed E-state index contributed by atoms with van der Waals surface area (Å²) in [6.45, 7) is 6.76. The molecule has 3 aromatic rings. The Labute approximate surface area is 178 Å². The fraction of sp³-hybridized carbons (Fsp3) is 0.308. The molecule has 3 atom stereocenters. The molecule has 0 spiro atoms. The zero-order valence-corrected chi connectivity index (χ0v) is 17.6. The monoisotopic (exact) mass is 399 g/mol. The van der Waals surface area contributed by atoms with Gasteiger partial charge in [0.1, 0.15) is 5.75 Å². The lowest BCUT2D eigenvalue weighted by atomic mass is 9.82.